The first-order valence-electron chi connectivity index (χ1n) is 5.85. The van der Waals surface area contributed by atoms with E-state index in [4.69, 9.17) is 4.74 Å². The molecule has 18 heavy (non-hydrogen) atoms. The monoisotopic (exact) mass is 244 g/mol. The van der Waals surface area contributed by atoms with Gasteiger partial charge in [-0.05, 0) is 24.1 Å². The Morgan fingerprint density at radius 2 is 2.22 bits per heavy atom. The molecule has 1 heterocycles. The van der Waals surface area contributed by atoms with E-state index < -0.39 is 0 Å². The van der Waals surface area contributed by atoms with Gasteiger partial charge < -0.3 is 9.30 Å². The molecule has 4 nitrogen and oxygen atoms in total. The highest BCUT2D eigenvalue weighted by Gasteiger charge is 2.15. The van der Waals surface area contributed by atoms with Crippen LogP contribution in [0.5, 0.6) is 5.75 Å². The fourth-order valence-corrected chi connectivity index (χ4v) is 1.95. The normalized spacial score (nSPS) is 10.4. The molecule has 0 aliphatic heterocycles. The number of imidazole rings is 1. The summed E-state index contributed by atoms with van der Waals surface area (Å²) in [6, 6.07) is 5.96. The van der Waals surface area contributed by atoms with Gasteiger partial charge in [-0.1, -0.05) is 13.0 Å². The molecule has 94 valence electrons. The van der Waals surface area contributed by atoms with Crippen molar-refractivity contribution in [3.05, 3.63) is 35.8 Å². The summed E-state index contributed by atoms with van der Waals surface area (Å²) in [6.07, 6.45) is 3.39. The van der Waals surface area contributed by atoms with Crippen LogP contribution in [0.4, 0.5) is 0 Å². The molecule has 0 atom stereocenters. The topological polar surface area (TPSA) is 44.1 Å². The minimum absolute atomic E-state index is 0.557. The van der Waals surface area contributed by atoms with E-state index in [9.17, 15) is 4.79 Å². The first-order chi connectivity index (χ1) is 8.71. The predicted molar refractivity (Wildman–Crippen MR) is 70.0 cm³/mol. The van der Waals surface area contributed by atoms with Crippen molar-refractivity contribution >= 4 is 6.29 Å². The number of ether oxygens (including phenoxy) is 1. The number of methoxy groups -OCH3 is 1. The Morgan fingerprint density at radius 1 is 1.44 bits per heavy atom. The van der Waals surface area contributed by atoms with Crippen LogP contribution in [0.3, 0.4) is 0 Å². The lowest BCUT2D eigenvalue weighted by atomic mass is 10.0. The number of aromatic nitrogens is 2. The summed E-state index contributed by atoms with van der Waals surface area (Å²) < 4.78 is 7.05. The number of carbonyl (C=O) groups is 1. The van der Waals surface area contributed by atoms with E-state index in [2.05, 4.69) is 11.9 Å². The minimum Gasteiger partial charge on any atom is -0.496 e. The summed E-state index contributed by atoms with van der Waals surface area (Å²) in [6.45, 7) is 2.09. The fraction of sp³-hybridized carbons (Fsp3) is 0.286. The van der Waals surface area contributed by atoms with Gasteiger partial charge in [0.05, 0.1) is 13.4 Å². The highest BCUT2D eigenvalue weighted by atomic mass is 16.5. The third-order valence-electron chi connectivity index (χ3n) is 3.02. The predicted octanol–water partition coefficient (Wildman–Crippen LogP) is 2.47. The molecular weight excluding hydrogens is 228 g/mol. The van der Waals surface area contributed by atoms with Crippen LogP contribution >= 0.6 is 0 Å². The number of carbonyl (C=O) groups excluding carboxylic acids is 1. The van der Waals surface area contributed by atoms with Crippen molar-refractivity contribution in [3.63, 3.8) is 0 Å². The van der Waals surface area contributed by atoms with Gasteiger partial charge in [0.25, 0.3) is 0 Å². The van der Waals surface area contributed by atoms with Gasteiger partial charge in [-0.25, -0.2) is 4.98 Å². The van der Waals surface area contributed by atoms with Crippen LogP contribution in [0.1, 0.15) is 23.0 Å². The summed E-state index contributed by atoms with van der Waals surface area (Å²) in [5, 5.41) is 0. The molecule has 4 heteroatoms. The number of nitrogens with zero attached hydrogens (tertiary/aromatic N) is 2. The third-order valence-corrected chi connectivity index (χ3v) is 3.02. The lowest BCUT2D eigenvalue weighted by Crippen LogP contribution is -1.96. The molecule has 2 rings (SSSR count). The van der Waals surface area contributed by atoms with Gasteiger partial charge >= 0.3 is 0 Å². The molecule has 0 aliphatic carbocycles. The van der Waals surface area contributed by atoms with Gasteiger partial charge in [-0.3, -0.25) is 4.79 Å². The van der Waals surface area contributed by atoms with Gasteiger partial charge in [0, 0.05) is 12.6 Å². The van der Waals surface area contributed by atoms with Gasteiger partial charge in [0.2, 0.25) is 0 Å². The van der Waals surface area contributed by atoms with Crippen LogP contribution < -0.4 is 4.74 Å². The summed E-state index contributed by atoms with van der Waals surface area (Å²) in [4.78, 5) is 15.4. The van der Waals surface area contributed by atoms with Crippen LogP contribution in [-0.4, -0.2) is 22.9 Å². The Labute approximate surface area is 106 Å². The molecule has 0 N–H and O–H groups in total. The molecule has 0 radical (unpaired) electrons. The van der Waals surface area contributed by atoms with Gasteiger partial charge in [0.1, 0.15) is 17.1 Å². The lowest BCUT2D eigenvalue weighted by molar-refractivity contribution is 0.111. The lowest BCUT2D eigenvalue weighted by Gasteiger charge is -2.09. The minimum atomic E-state index is 0.557. The van der Waals surface area contributed by atoms with Crippen molar-refractivity contribution in [1.82, 2.24) is 9.55 Å². The first-order valence-corrected chi connectivity index (χ1v) is 5.85. The van der Waals surface area contributed by atoms with Crippen molar-refractivity contribution in [1.29, 1.82) is 0 Å². The van der Waals surface area contributed by atoms with Crippen LogP contribution in [0.25, 0.3) is 11.3 Å². The average molecular weight is 244 g/mol. The Kier molecular flexibility index (Phi) is 3.46. The number of hydrogen-bond acceptors (Lipinski definition) is 3. The standard InChI is InChI=1S/C14H16N2O2/c1-4-10-5-6-13(18-3)11(7-10)14-12(8-17)16(2)9-15-14/h5-9H,4H2,1-3H3. The average Bonchev–Trinajstić information content (AvgIpc) is 2.78. The SMILES string of the molecule is CCc1ccc(OC)c(-c2ncn(C)c2C=O)c1. The molecule has 0 saturated carbocycles. The van der Waals surface area contributed by atoms with Gasteiger partial charge in [-0.15, -0.1) is 0 Å². The highest BCUT2D eigenvalue weighted by molar-refractivity contribution is 5.85. The second kappa shape index (κ2) is 5.04. The molecule has 0 unspecified atom stereocenters. The van der Waals surface area contributed by atoms with Crippen molar-refractivity contribution in [2.24, 2.45) is 7.05 Å². The van der Waals surface area contributed by atoms with E-state index in [0.29, 0.717) is 11.4 Å². The zero-order valence-electron chi connectivity index (χ0n) is 10.8. The maximum Gasteiger partial charge on any atom is 0.168 e. The smallest absolute Gasteiger partial charge is 0.168 e. The van der Waals surface area contributed by atoms with E-state index in [0.717, 1.165) is 24.0 Å². The molecule has 2 aromatic rings. The highest BCUT2D eigenvalue weighted by Crippen LogP contribution is 2.31. The molecule has 0 fully saturated rings. The molecule has 1 aromatic carbocycles. The van der Waals surface area contributed by atoms with Crippen LogP contribution in [0.15, 0.2) is 24.5 Å². The van der Waals surface area contributed by atoms with Crippen molar-refractivity contribution in [3.8, 4) is 17.0 Å². The quantitative estimate of drug-likeness (QED) is 0.776. The van der Waals surface area contributed by atoms with E-state index in [1.165, 1.54) is 5.56 Å². The van der Waals surface area contributed by atoms with Crippen LogP contribution in [0.2, 0.25) is 0 Å². The number of benzene rings is 1. The maximum absolute atomic E-state index is 11.1. The fourth-order valence-electron chi connectivity index (χ4n) is 1.95. The summed E-state index contributed by atoms with van der Waals surface area (Å²) in [5.74, 6) is 0.731. The van der Waals surface area contributed by atoms with E-state index in [-0.39, 0.29) is 0 Å². The van der Waals surface area contributed by atoms with Gasteiger partial charge in [0.15, 0.2) is 6.29 Å². The first kappa shape index (κ1) is 12.4. The molecule has 0 bridgehead atoms. The molecule has 0 amide bonds. The Morgan fingerprint density at radius 3 is 2.83 bits per heavy atom. The van der Waals surface area contributed by atoms with Crippen molar-refractivity contribution in [2.45, 2.75) is 13.3 Å². The van der Waals surface area contributed by atoms with Crippen LogP contribution in [0, 0.1) is 0 Å². The molecule has 1 aromatic heterocycles. The molecule has 0 saturated heterocycles. The Bertz CT molecular complexity index is 573. The number of aldehydes is 1. The molecular formula is C14H16N2O2. The zero-order chi connectivity index (χ0) is 13.1. The second-order valence-electron chi connectivity index (χ2n) is 4.10. The summed E-state index contributed by atoms with van der Waals surface area (Å²) in [7, 11) is 3.42. The Balaban J connectivity index is 2.64. The zero-order valence-corrected chi connectivity index (χ0v) is 10.8. The Hall–Kier alpha value is -2.10. The van der Waals surface area contributed by atoms with Gasteiger partial charge in [-0.2, -0.15) is 0 Å². The summed E-state index contributed by atoms with van der Waals surface area (Å²) in [5.41, 5.74) is 3.27. The number of rotatable bonds is 4. The molecule has 0 aliphatic rings. The molecule has 0 spiro atoms. The maximum atomic E-state index is 11.1. The van der Waals surface area contributed by atoms with Crippen LogP contribution in [-0.2, 0) is 13.5 Å². The second-order valence-corrected chi connectivity index (χ2v) is 4.10. The van der Waals surface area contributed by atoms with Crippen molar-refractivity contribution < 1.29 is 9.53 Å². The number of hydrogen-bond donors (Lipinski definition) is 0. The summed E-state index contributed by atoms with van der Waals surface area (Å²) >= 11 is 0. The van der Waals surface area contributed by atoms with Crippen molar-refractivity contribution in [2.75, 3.05) is 7.11 Å². The third kappa shape index (κ3) is 2.01. The number of aryl methyl sites for hydroxylation is 2. The largest absolute Gasteiger partial charge is 0.496 e. The van der Waals surface area contributed by atoms with E-state index >= 15 is 0 Å². The van der Waals surface area contributed by atoms with E-state index in [1.54, 1.807) is 25.1 Å². The van der Waals surface area contributed by atoms with E-state index in [1.807, 2.05) is 18.2 Å².